The average Bonchev–Trinajstić information content (AvgIpc) is 2.21. The van der Waals surface area contributed by atoms with Crippen molar-refractivity contribution in [2.24, 2.45) is 0 Å². The molecule has 86 valence electrons. The lowest BCUT2D eigenvalue weighted by Gasteiger charge is -1.90. The van der Waals surface area contributed by atoms with Crippen molar-refractivity contribution in [3.05, 3.63) is 12.2 Å². The summed E-state index contributed by atoms with van der Waals surface area (Å²) in [5.41, 5.74) is 0. The van der Waals surface area contributed by atoms with Gasteiger partial charge in [-0.05, 0) is 19.3 Å². The lowest BCUT2D eigenvalue weighted by molar-refractivity contribution is 0.283. The van der Waals surface area contributed by atoms with Crippen LogP contribution in [0.15, 0.2) is 12.2 Å². The summed E-state index contributed by atoms with van der Waals surface area (Å²) in [6, 6.07) is 0. The first-order valence-electron chi connectivity index (χ1n) is 5.70. The van der Waals surface area contributed by atoms with Crippen molar-refractivity contribution in [2.45, 2.75) is 52.4 Å². The largest absolute Gasteiger partial charge is 0.396 e. The van der Waals surface area contributed by atoms with Gasteiger partial charge in [-0.25, -0.2) is 0 Å². The molecule has 0 saturated carbocycles. The van der Waals surface area contributed by atoms with Gasteiger partial charge in [0.25, 0.3) is 0 Å². The Morgan fingerprint density at radius 2 is 1.57 bits per heavy atom. The molecule has 0 heterocycles. The molecule has 0 aliphatic rings. The van der Waals surface area contributed by atoms with E-state index in [-0.39, 0.29) is 6.61 Å². The highest BCUT2D eigenvalue weighted by atomic mass is 16.3. The Hall–Kier alpha value is -0.340. The van der Waals surface area contributed by atoms with Crippen LogP contribution >= 0.6 is 0 Å². The number of allylic oxidation sites excluding steroid dienone is 1. The van der Waals surface area contributed by atoms with Gasteiger partial charge in [-0.2, -0.15) is 0 Å². The third-order valence-corrected chi connectivity index (χ3v) is 1.71. The summed E-state index contributed by atoms with van der Waals surface area (Å²) in [5, 5.41) is 16.5. The fourth-order valence-corrected chi connectivity index (χ4v) is 0.898. The maximum atomic E-state index is 8.29. The first-order valence-corrected chi connectivity index (χ1v) is 5.70. The maximum Gasteiger partial charge on any atom is 0.0465 e. The Kier molecular flexibility index (Phi) is 21.2. The molecule has 2 N–H and O–H groups in total. The van der Waals surface area contributed by atoms with E-state index >= 15 is 0 Å². The summed E-state index contributed by atoms with van der Waals surface area (Å²) in [6.45, 7) is 4.88. The molecule has 0 aromatic rings. The molecule has 2 nitrogen and oxygen atoms in total. The van der Waals surface area contributed by atoms with Crippen LogP contribution in [0.4, 0.5) is 0 Å². The van der Waals surface area contributed by atoms with Crippen LogP contribution in [0.1, 0.15) is 52.4 Å². The minimum Gasteiger partial charge on any atom is -0.396 e. The van der Waals surface area contributed by atoms with Crippen LogP contribution in [-0.4, -0.2) is 23.4 Å². The Morgan fingerprint density at radius 3 is 2.00 bits per heavy atom. The predicted molar refractivity (Wildman–Crippen MR) is 62.4 cm³/mol. The Labute approximate surface area is 88.7 Å². The van der Waals surface area contributed by atoms with Gasteiger partial charge in [0.05, 0.1) is 0 Å². The number of rotatable bonds is 7. The second kappa shape index (κ2) is 18.4. The number of hydrogen-bond donors (Lipinski definition) is 2. The SMILES string of the molecule is CCC=CCCO.CCCCCCO. The molecular formula is C12H26O2. The zero-order valence-corrected chi connectivity index (χ0v) is 9.71. The van der Waals surface area contributed by atoms with Gasteiger partial charge in [-0.15, -0.1) is 0 Å². The lowest BCUT2D eigenvalue weighted by Crippen LogP contribution is -1.80. The van der Waals surface area contributed by atoms with E-state index in [1.807, 2.05) is 6.08 Å². The van der Waals surface area contributed by atoms with E-state index in [2.05, 4.69) is 19.9 Å². The smallest absolute Gasteiger partial charge is 0.0465 e. The van der Waals surface area contributed by atoms with Crippen LogP contribution in [0.25, 0.3) is 0 Å². The second-order valence-electron chi connectivity index (χ2n) is 3.18. The first kappa shape index (κ1) is 16.1. The zero-order chi connectivity index (χ0) is 11.1. The molecule has 0 amide bonds. The van der Waals surface area contributed by atoms with Crippen molar-refractivity contribution in [3.8, 4) is 0 Å². The van der Waals surface area contributed by atoms with E-state index < -0.39 is 0 Å². The van der Waals surface area contributed by atoms with Crippen LogP contribution in [-0.2, 0) is 0 Å². The molecule has 0 aliphatic heterocycles. The van der Waals surface area contributed by atoms with E-state index in [0.717, 1.165) is 19.3 Å². The van der Waals surface area contributed by atoms with Crippen molar-refractivity contribution in [1.82, 2.24) is 0 Å². The maximum absolute atomic E-state index is 8.29. The fourth-order valence-electron chi connectivity index (χ4n) is 0.898. The molecule has 14 heavy (non-hydrogen) atoms. The molecule has 0 saturated heterocycles. The second-order valence-corrected chi connectivity index (χ2v) is 3.18. The average molecular weight is 202 g/mol. The molecule has 0 radical (unpaired) electrons. The highest BCUT2D eigenvalue weighted by Crippen LogP contribution is 1.96. The molecule has 0 aromatic carbocycles. The van der Waals surface area contributed by atoms with Crippen LogP contribution in [0, 0.1) is 0 Å². The first-order chi connectivity index (χ1) is 6.83. The van der Waals surface area contributed by atoms with Crippen molar-refractivity contribution in [2.75, 3.05) is 13.2 Å². The van der Waals surface area contributed by atoms with Gasteiger partial charge in [0, 0.05) is 13.2 Å². The van der Waals surface area contributed by atoms with E-state index in [1.54, 1.807) is 0 Å². The van der Waals surface area contributed by atoms with Crippen LogP contribution in [0.2, 0.25) is 0 Å². The molecule has 0 spiro atoms. The minimum absolute atomic E-state index is 0.274. The molecule has 0 aliphatic carbocycles. The van der Waals surface area contributed by atoms with Crippen molar-refractivity contribution < 1.29 is 10.2 Å². The van der Waals surface area contributed by atoms with Crippen LogP contribution in [0.5, 0.6) is 0 Å². The van der Waals surface area contributed by atoms with E-state index in [9.17, 15) is 0 Å². The third kappa shape index (κ3) is 22.6. The number of unbranched alkanes of at least 4 members (excludes halogenated alkanes) is 3. The zero-order valence-electron chi connectivity index (χ0n) is 9.71. The van der Waals surface area contributed by atoms with Gasteiger partial charge in [-0.3, -0.25) is 0 Å². The molecule has 0 bridgehead atoms. The van der Waals surface area contributed by atoms with Gasteiger partial charge in [0.15, 0.2) is 0 Å². The van der Waals surface area contributed by atoms with E-state index in [1.165, 1.54) is 19.3 Å². The number of hydrogen-bond acceptors (Lipinski definition) is 2. The molecule has 0 unspecified atom stereocenters. The van der Waals surface area contributed by atoms with Crippen molar-refractivity contribution in [1.29, 1.82) is 0 Å². The van der Waals surface area contributed by atoms with Gasteiger partial charge >= 0.3 is 0 Å². The molecule has 2 heteroatoms. The Balaban J connectivity index is 0. The van der Waals surface area contributed by atoms with E-state index in [4.69, 9.17) is 10.2 Å². The highest BCUT2D eigenvalue weighted by molar-refractivity contribution is 4.79. The summed E-state index contributed by atoms with van der Waals surface area (Å²) in [4.78, 5) is 0. The molecular weight excluding hydrogens is 176 g/mol. The van der Waals surface area contributed by atoms with Crippen LogP contribution < -0.4 is 0 Å². The lowest BCUT2D eigenvalue weighted by atomic mass is 10.2. The fraction of sp³-hybridized carbons (Fsp3) is 0.833. The van der Waals surface area contributed by atoms with Crippen LogP contribution in [0.3, 0.4) is 0 Å². The summed E-state index contributed by atoms with van der Waals surface area (Å²) in [6.07, 6.45) is 10.6. The van der Waals surface area contributed by atoms with E-state index in [0.29, 0.717) is 6.61 Å². The van der Waals surface area contributed by atoms with Gasteiger partial charge in [0.2, 0.25) is 0 Å². The Bertz CT molecular complexity index is 96.5. The normalized spacial score (nSPS) is 10.0. The number of aliphatic hydroxyl groups excluding tert-OH is 2. The third-order valence-electron chi connectivity index (χ3n) is 1.71. The quantitative estimate of drug-likeness (QED) is 0.492. The molecule has 0 rings (SSSR count). The minimum atomic E-state index is 0.274. The molecule has 0 atom stereocenters. The molecule has 0 fully saturated rings. The topological polar surface area (TPSA) is 40.5 Å². The standard InChI is InChI=1S/C6H14O.C6H12O/c2*1-2-3-4-5-6-7/h7H,2-6H2,1H3;3-4,7H,2,5-6H2,1H3. The number of aliphatic hydroxyl groups is 2. The van der Waals surface area contributed by atoms with Crippen molar-refractivity contribution >= 4 is 0 Å². The van der Waals surface area contributed by atoms with Gasteiger partial charge in [-0.1, -0.05) is 45.3 Å². The predicted octanol–water partition coefficient (Wildman–Crippen LogP) is 2.89. The van der Waals surface area contributed by atoms with Gasteiger partial charge < -0.3 is 10.2 Å². The summed E-state index contributed by atoms with van der Waals surface area (Å²) in [5.74, 6) is 0. The van der Waals surface area contributed by atoms with Crippen molar-refractivity contribution in [3.63, 3.8) is 0 Å². The van der Waals surface area contributed by atoms with Gasteiger partial charge in [0.1, 0.15) is 0 Å². The monoisotopic (exact) mass is 202 g/mol. The Morgan fingerprint density at radius 1 is 0.857 bits per heavy atom. The highest BCUT2D eigenvalue weighted by Gasteiger charge is 1.80. The summed E-state index contributed by atoms with van der Waals surface area (Å²) < 4.78 is 0. The summed E-state index contributed by atoms with van der Waals surface area (Å²) >= 11 is 0. The molecule has 0 aromatic heterocycles. The summed E-state index contributed by atoms with van der Waals surface area (Å²) in [7, 11) is 0.